The summed E-state index contributed by atoms with van der Waals surface area (Å²) in [6, 6.07) is 14.9. The van der Waals surface area contributed by atoms with Gasteiger partial charge in [-0.3, -0.25) is 0 Å². The summed E-state index contributed by atoms with van der Waals surface area (Å²) < 4.78 is 27.7. The van der Waals surface area contributed by atoms with E-state index in [-0.39, 0.29) is 0 Å². The molecule has 1 fully saturated rings. The first kappa shape index (κ1) is 17.1. The van der Waals surface area contributed by atoms with Crippen molar-refractivity contribution in [3.05, 3.63) is 60.3 Å². The monoisotopic (exact) mass is 369 g/mol. The summed E-state index contributed by atoms with van der Waals surface area (Å²) in [4.78, 5) is 2.63. The van der Waals surface area contributed by atoms with E-state index in [1.807, 2.05) is 30.3 Å². The highest BCUT2D eigenvalue weighted by Gasteiger charge is 2.21. The molecule has 5 nitrogen and oxygen atoms in total. The molecule has 0 unspecified atom stereocenters. The summed E-state index contributed by atoms with van der Waals surface area (Å²) in [5.41, 5.74) is 2.95. The van der Waals surface area contributed by atoms with Gasteiger partial charge < -0.3 is 10.2 Å². The highest BCUT2D eigenvalue weighted by atomic mass is 32.2. The minimum Gasteiger partial charge on any atom is -0.368 e. The van der Waals surface area contributed by atoms with Crippen LogP contribution in [0.2, 0.25) is 0 Å². The van der Waals surface area contributed by atoms with Crippen LogP contribution in [0, 0.1) is 0 Å². The molecule has 0 spiro atoms. The smallest absolute Gasteiger partial charge is 0.268 e. The molecule has 3 aromatic rings. The number of hydrogen-bond acceptors (Lipinski definition) is 4. The number of anilines is 1. The number of hydrogen-bond donors (Lipinski definition) is 1. The molecule has 136 valence electrons. The van der Waals surface area contributed by atoms with Crippen molar-refractivity contribution in [2.75, 3.05) is 31.1 Å². The summed E-state index contributed by atoms with van der Waals surface area (Å²) in [5, 5.41) is 4.33. The lowest BCUT2D eigenvalue weighted by molar-refractivity contribution is 0.588. The SMILES string of the molecule is CCc1ccc(S(=O)(=O)n2ccc3c(N4CCNCC4)cccc32)cc1. The lowest BCUT2D eigenvalue weighted by atomic mass is 10.2. The van der Waals surface area contributed by atoms with E-state index in [0.717, 1.165) is 54.8 Å². The first-order valence-corrected chi connectivity index (χ1v) is 10.5. The van der Waals surface area contributed by atoms with Gasteiger partial charge in [0.2, 0.25) is 0 Å². The standard InChI is InChI=1S/C20H23N3O2S/c1-2-16-6-8-17(9-7-16)26(24,25)23-13-10-18-19(4-3-5-20(18)23)22-14-11-21-12-15-22/h3-10,13,21H,2,11-12,14-15H2,1H3. The van der Waals surface area contributed by atoms with Crippen LogP contribution in [0.5, 0.6) is 0 Å². The maximum atomic E-state index is 13.1. The third-order valence-corrected chi connectivity index (χ3v) is 6.72. The second-order valence-corrected chi connectivity index (χ2v) is 8.38. The molecule has 1 N–H and O–H groups in total. The van der Waals surface area contributed by atoms with E-state index in [0.29, 0.717) is 4.90 Å². The minimum absolute atomic E-state index is 0.319. The van der Waals surface area contributed by atoms with E-state index in [2.05, 4.69) is 23.2 Å². The molecule has 0 amide bonds. The van der Waals surface area contributed by atoms with E-state index < -0.39 is 10.0 Å². The molecular formula is C20H23N3O2S. The fourth-order valence-electron chi connectivity index (χ4n) is 3.53. The van der Waals surface area contributed by atoms with Crippen molar-refractivity contribution in [2.45, 2.75) is 18.2 Å². The first-order valence-electron chi connectivity index (χ1n) is 9.01. The van der Waals surface area contributed by atoms with Crippen molar-refractivity contribution in [1.29, 1.82) is 0 Å². The van der Waals surface area contributed by atoms with Gasteiger partial charge in [0.1, 0.15) is 0 Å². The van der Waals surface area contributed by atoms with E-state index in [9.17, 15) is 8.42 Å². The van der Waals surface area contributed by atoms with Gasteiger partial charge in [0.25, 0.3) is 10.0 Å². The summed E-state index contributed by atoms with van der Waals surface area (Å²) in [6.45, 7) is 5.80. The summed E-state index contributed by atoms with van der Waals surface area (Å²) in [6.07, 6.45) is 2.56. The topological polar surface area (TPSA) is 54.3 Å². The van der Waals surface area contributed by atoms with Crippen molar-refractivity contribution < 1.29 is 8.42 Å². The summed E-state index contributed by atoms with van der Waals surface area (Å²) in [7, 11) is -3.61. The molecule has 4 rings (SSSR count). The number of fused-ring (bicyclic) bond motifs is 1. The molecule has 1 aliphatic heterocycles. The van der Waals surface area contributed by atoms with Crippen LogP contribution in [0.25, 0.3) is 10.9 Å². The Balaban J connectivity index is 1.79. The predicted octanol–water partition coefficient (Wildman–Crippen LogP) is 2.85. The summed E-state index contributed by atoms with van der Waals surface area (Å²) in [5.74, 6) is 0. The fourth-order valence-corrected chi connectivity index (χ4v) is 4.87. The van der Waals surface area contributed by atoms with Crippen molar-refractivity contribution in [2.24, 2.45) is 0 Å². The second-order valence-electron chi connectivity index (χ2n) is 6.56. The number of nitrogens with zero attached hydrogens (tertiary/aromatic N) is 2. The van der Waals surface area contributed by atoms with Gasteiger partial charge in [-0.25, -0.2) is 12.4 Å². The molecule has 0 aliphatic carbocycles. The molecule has 2 heterocycles. The highest BCUT2D eigenvalue weighted by molar-refractivity contribution is 7.90. The Morgan fingerprint density at radius 1 is 1.00 bits per heavy atom. The number of nitrogens with one attached hydrogen (secondary N) is 1. The van der Waals surface area contributed by atoms with Gasteiger partial charge >= 0.3 is 0 Å². The van der Waals surface area contributed by atoms with Crippen molar-refractivity contribution in [3.63, 3.8) is 0 Å². The molecular weight excluding hydrogens is 346 g/mol. The normalized spacial score (nSPS) is 15.5. The summed E-state index contributed by atoms with van der Waals surface area (Å²) >= 11 is 0. The van der Waals surface area contributed by atoms with Crippen LogP contribution in [-0.2, 0) is 16.4 Å². The Kier molecular flexibility index (Phi) is 4.46. The lowest BCUT2D eigenvalue weighted by Crippen LogP contribution is -2.43. The quantitative estimate of drug-likeness (QED) is 0.768. The Morgan fingerprint density at radius 2 is 1.73 bits per heavy atom. The molecule has 0 atom stereocenters. The van der Waals surface area contributed by atoms with E-state index in [1.165, 1.54) is 3.97 Å². The van der Waals surface area contributed by atoms with Crippen LogP contribution in [-0.4, -0.2) is 38.6 Å². The fraction of sp³-hybridized carbons (Fsp3) is 0.300. The lowest BCUT2D eigenvalue weighted by Gasteiger charge is -2.30. The van der Waals surface area contributed by atoms with Gasteiger partial charge in [-0.05, 0) is 42.3 Å². The van der Waals surface area contributed by atoms with Crippen molar-refractivity contribution >= 4 is 26.6 Å². The predicted molar refractivity (Wildman–Crippen MR) is 105 cm³/mol. The van der Waals surface area contributed by atoms with Crippen LogP contribution >= 0.6 is 0 Å². The van der Waals surface area contributed by atoms with Crippen LogP contribution < -0.4 is 10.2 Å². The zero-order valence-electron chi connectivity index (χ0n) is 14.9. The molecule has 1 aliphatic rings. The zero-order valence-corrected chi connectivity index (χ0v) is 15.7. The Hall–Kier alpha value is -2.31. The third kappa shape index (κ3) is 2.89. The van der Waals surface area contributed by atoms with Gasteiger partial charge in [0.05, 0.1) is 10.4 Å². The highest BCUT2D eigenvalue weighted by Crippen LogP contribution is 2.30. The van der Waals surface area contributed by atoms with Gasteiger partial charge in [0.15, 0.2) is 0 Å². The average molecular weight is 369 g/mol. The average Bonchev–Trinajstić information content (AvgIpc) is 3.14. The zero-order chi connectivity index (χ0) is 18.1. The third-order valence-electron chi connectivity index (χ3n) is 5.02. The number of benzene rings is 2. The molecule has 0 radical (unpaired) electrons. The van der Waals surface area contributed by atoms with Crippen LogP contribution in [0.15, 0.2) is 59.6 Å². The van der Waals surface area contributed by atoms with Gasteiger partial charge in [-0.15, -0.1) is 0 Å². The van der Waals surface area contributed by atoms with E-state index in [1.54, 1.807) is 18.3 Å². The maximum absolute atomic E-state index is 13.1. The van der Waals surface area contributed by atoms with Crippen molar-refractivity contribution in [1.82, 2.24) is 9.29 Å². The number of piperazine rings is 1. The Labute approximate surface area is 154 Å². The number of aryl methyl sites for hydroxylation is 1. The molecule has 1 aromatic heterocycles. The minimum atomic E-state index is -3.61. The molecule has 6 heteroatoms. The van der Waals surface area contributed by atoms with E-state index >= 15 is 0 Å². The Morgan fingerprint density at radius 3 is 2.42 bits per heavy atom. The number of aromatic nitrogens is 1. The van der Waals surface area contributed by atoms with Gasteiger partial charge in [-0.1, -0.05) is 25.1 Å². The molecule has 2 aromatic carbocycles. The van der Waals surface area contributed by atoms with Gasteiger partial charge in [-0.2, -0.15) is 0 Å². The van der Waals surface area contributed by atoms with Crippen LogP contribution in [0.4, 0.5) is 5.69 Å². The van der Waals surface area contributed by atoms with Crippen molar-refractivity contribution in [3.8, 4) is 0 Å². The molecule has 26 heavy (non-hydrogen) atoms. The first-order chi connectivity index (χ1) is 12.6. The largest absolute Gasteiger partial charge is 0.368 e. The molecule has 0 saturated carbocycles. The van der Waals surface area contributed by atoms with Crippen LogP contribution in [0.3, 0.4) is 0 Å². The van der Waals surface area contributed by atoms with Gasteiger partial charge in [0, 0.05) is 43.4 Å². The molecule has 0 bridgehead atoms. The maximum Gasteiger partial charge on any atom is 0.268 e. The second kappa shape index (κ2) is 6.78. The van der Waals surface area contributed by atoms with Crippen LogP contribution in [0.1, 0.15) is 12.5 Å². The number of rotatable bonds is 4. The van der Waals surface area contributed by atoms with E-state index in [4.69, 9.17) is 0 Å². The Bertz CT molecular complexity index is 1020. The molecule has 1 saturated heterocycles.